The van der Waals surface area contributed by atoms with Crippen LogP contribution < -0.4 is 5.32 Å². The van der Waals surface area contributed by atoms with Crippen LogP contribution in [0.25, 0.3) is 11.5 Å². The van der Waals surface area contributed by atoms with Gasteiger partial charge in [-0.2, -0.15) is 0 Å². The highest BCUT2D eigenvalue weighted by Crippen LogP contribution is 2.40. The highest BCUT2D eigenvalue weighted by Gasteiger charge is 2.35. The fourth-order valence-corrected chi connectivity index (χ4v) is 3.95. The second kappa shape index (κ2) is 7.42. The molecule has 1 saturated carbocycles. The lowest BCUT2D eigenvalue weighted by atomic mass is 9.78. The molecule has 4 heteroatoms. The topological polar surface area (TPSA) is 51.0 Å². The fourth-order valence-electron chi connectivity index (χ4n) is 3.95. The lowest BCUT2D eigenvalue weighted by molar-refractivity contribution is 0.352. The van der Waals surface area contributed by atoms with Crippen LogP contribution in [-0.4, -0.2) is 16.7 Å². The van der Waals surface area contributed by atoms with Gasteiger partial charge >= 0.3 is 0 Å². The third-order valence-corrected chi connectivity index (χ3v) is 5.53. The van der Waals surface area contributed by atoms with Crippen molar-refractivity contribution in [2.45, 2.75) is 44.1 Å². The molecule has 1 heterocycles. The number of benzene rings is 2. The van der Waals surface area contributed by atoms with Crippen LogP contribution in [0.15, 0.2) is 65.1 Å². The molecule has 1 aliphatic carbocycles. The first-order chi connectivity index (χ1) is 12.8. The SMILES string of the molecule is CC(NCC1(c2ccccc2)CCCC1)c1nnc(-c2ccccc2)o1. The smallest absolute Gasteiger partial charge is 0.247 e. The zero-order chi connectivity index (χ0) is 17.8. The van der Waals surface area contributed by atoms with Crippen molar-refractivity contribution < 1.29 is 4.42 Å². The fraction of sp³-hybridized carbons (Fsp3) is 0.364. The minimum absolute atomic E-state index is 0.0288. The Kier molecular flexibility index (Phi) is 4.85. The van der Waals surface area contributed by atoms with Crippen molar-refractivity contribution in [1.29, 1.82) is 0 Å². The van der Waals surface area contributed by atoms with Gasteiger partial charge in [0.05, 0.1) is 6.04 Å². The molecule has 1 aliphatic rings. The second-order valence-electron chi connectivity index (χ2n) is 7.27. The van der Waals surface area contributed by atoms with Crippen molar-refractivity contribution in [3.8, 4) is 11.5 Å². The third-order valence-electron chi connectivity index (χ3n) is 5.53. The first kappa shape index (κ1) is 17.0. The van der Waals surface area contributed by atoms with Gasteiger partial charge in [-0.05, 0) is 37.5 Å². The summed E-state index contributed by atoms with van der Waals surface area (Å²) in [7, 11) is 0. The maximum absolute atomic E-state index is 5.90. The van der Waals surface area contributed by atoms with Gasteiger partial charge in [-0.1, -0.05) is 61.4 Å². The average molecular weight is 347 g/mol. The summed E-state index contributed by atoms with van der Waals surface area (Å²) in [6.45, 7) is 3.02. The molecule has 3 aromatic rings. The molecule has 1 fully saturated rings. The molecule has 1 atom stereocenters. The summed E-state index contributed by atoms with van der Waals surface area (Å²) in [5.41, 5.74) is 2.61. The van der Waals surface area contributed by atoms with Crippen LogP contribution in [0.4, 0.5) is 0 Å². The average Bonchev–Trinajstić information content (AvgIpc) is 3.38. The molecule has 1 N–H and O–H groups in total. The Morgan fingerprint density at radius 3 is 2.31 bits per heavy atom. The van der Waals surface area contributed by atoms with E-state index < -0.39 is 0 Å². The molecule has 0 amide bonds. The summed E-state index contributed by atoms with van der Waals surface area (Å²) in [6, 6.07) is 20.8. The second-order valence-corrected chi connectivity index (χ2v) is 7.27. The van der Waals surface area contributed by atoms with E-state index in [9.17, 15) is 0 Å². The largest absolute Gasteiger partial charge is 0.419 e. The highest BCUT2D eigenvalue weighted by atomic mass is 16.4. The minimum Gasteiger partial charge on any atom is -0.419 e. The molecule has 0 radical (unpaired) electrons. The van der Waals surface area contributed by atoms with Crippen LogP contribution >= 0.6 is 0 Å². The third kappa shape index (κ3) is 3.42. The molecule has 4 nitrogen and oxygen atoms in total. The van der Waals surface area contributed by atoms with Crippen molar-refractivity contribution in [2.24, 2.45) is 0 Å². The van der Waals surface area contributed by atoms with Gasteiger partial charge in [-0.15, -0.1) is 10.2 Å². The van der Waals surface area contributed by atoms with Crippen molar-refractivity contribution in [1.82, 2.24) is 15.5 Å². The molecule has 134 valence electrons. The van der Waals surface area contributed by atoms with Crippen molar-refractivity contribution >= 4 is 0 Å². The van der Waals surface area contributed by atoms with E-state index >= 15 is 0 Å². The summed E-state index contributed by atoms with van der Waals surface area (Å²) in [5, 5.41) is 12.1. The molecule has 0 bridgehead atoms. The molecule has 1 unspecified atom stereocenters. The number of nitrogens with zero attached hydrogens (tertiary/aromatic N) is 2. The molecular weight excluding hydrogens is 322 g/mol. The van der Waals surface area contributed by atoms with Crippen LogP contribution in [0.5, 0.6) is 0 Å². The lowest BCUT2D eigenvalue weighted by Gasteiger charge is -2.31. The van der Waals surface area contributed by atoms with Gasteiger partial charge in [0.25, 0.3) is 0 Å². The molecule has 1 aromatic heterocycles. The number of hydrogen-bond acceptors (Lipinski definition) is 4. The normalized spacial score (nSPS) is 17.3. The Morgan fingerprint density at radius 1 is 0.962 bits per heavy atom. The quantitative estimate of drug-likeness (QED) is 0.689. The maximum atomic E-state index is 5.90. The van der Waals surface area contributed by atoms with Crippen LogP contribution in [0.3, 0.4) is 0 Å². The van der Waals surface area contributed by atoms with E-state index in [2.05, 4.69) is 52.8 Å². The molecule has 4 rings (SSSR count). The maximum Gasteiger partial charge on any atom is 0.247 e. The Bertz CT molecular complexity index is 823. The van der Waals surface area contributed by atoms with Crippen molar-refractivity contribution in [2.75, 3.05) is 6.54 Å². The van der Waals surface area contributed by atoms with Crippen LogP contribution in [0.1, 0.15) is 50.1 Å². The van der Waals surface area contributed by atoms with Gasteiger partial charge in [0.2, 0.25) is 11.8 Å². The Balaban J connectivity index is 1.46. The first-order valence-corrected chi connectivity index (χ1v) is 9.45. The lowest BCUT2D eigenvalue weighted by Crippen LogP contribution is -2.37. The minimum atomic E-state index is 0.0288. The highest BCUT2D eigenvalue weighted by molar-refractivity contribution is 5.51. The standard InChI is InChI=1S/C22H25N3O/c1-17(20-24-25-21(26-20)18-10-4-2-5-11-18)23-16-22(14-8-9-15-22)19-12-6-3-7-13-19/h2-7,10-13,17,23H,8-9,14-16H2,1H3. The molecule has 0 aliphatic heterocycles. The van der Waals surface area contributed by atoms with Gasteiger partial charge < -0.3 is 9.73 Å². The van der Waals surface area contributed by atoms with E-state index in [0.29, 0.717) is 11.8 Å². The van der Waals surface area contributed by atoms with E-state index in [1.807, 2.05) is 30.3 Å². The zero-order valence-corrected chi connectivity index (χ0v) is 15.2. The monoisotopic (exact) mass is 347 g/mol. The van der Waals surface area contributed by atoms with Crippen molar-refractivity contribution in [3.63, 3.8) is 0 Å². The first-order valence-electron chi connectivity index (χ1n) is 9.45. The number of hydrogen-bond donors (Lipinski definition) is 1. The molecule has 2 aromatic carbocycles. The molecule has 26 heavy (non-hydrogen) atoms. The van der Waals surface area contributed by atoms with Gasteiger partial charge in [-0.3, -0.25) is 0 Å². The van der Waals surface area contributed by atoms with Gasteiger partial charge in [0.1, 0.15) is 0 Å². The predicted molar refractivity (Wildman–Crippen MR) is 103 cm³/mol. The van der Waals surface area contributed by atoms with E-state index in [1.54, 1.807) is 0 Å². The van der Waals surface area contributed by atoms with Crippen molar-refractivity contribution in [3.05, 3.63) is 72.1 Å². The number of rotatable bonds is 6. The predicted octanol–water partition coefficient (Wildman–Crippen LogP) is 4.90. The van der Waals surface area contributed by atoms with Crippen LogP contribution in [-0.2, 0) is 5.41 Å². The Labute approximate surface area is 154 Å². The molecular formula is C22H25N3O. The van der Waals surface area contributed by atoms with Crippen LogP contribution in [0, 0.1) is 0 Å². The number of aromatic nitrogens is 2. The Hall–Kier alpha value is -2.46. The summed E-state index contributed by atoms with van der Waals surface area (Å²) >= 11 is 0. The zero-order valence-electron chi connectivity index (χ0n) is 15.2. The summed E-state index contributed by atoms with van der Waals surface area (Å²) in [6.07, 6.45) is 5.05. The molecule has 0 spiro atoms. The van der Waals surface area contributed by atoms with Gasteiger partial charge in [-0.25, -0.2) is 0 Å². The summed E-state index contributed by atoms with van der Waals surface area (Å²) in [5.74, 6) is 1.22. The summed E-state index contributed by atoms with van der Waals surface area (Å²) < 4.78 is 5.90. The Morgan fingerprint density at radius 2 is 1.62 bits per heavy atom. The van der Waals surface area contributed by atoms with Gasteiger partial charge in [0.15, 0.2) is 0 Å². The van der Waals surface area contributed by atoms with Gasteiger partial charge in [0, 0.05) is 17.5 Å². The van der Waals surface area contributed by atoms with E-state index in [0.717, 1.165) is 12.1 Å². The van der Waals surface area contributed by atoms with E-state index in [-0.39, 0.29) is 11.5 Å². The number of nitrogens with one attached hydrogen (secondary N) is 1. The van der Waals surface area contributed by atoms with Crippen LogP contribution in [0.2, 0.25) is 0 Å². The molecule has 0 saturated heterocycles. The summed E-state index contributed by atoms with van der Waals surface area (Å²) in [4.78, 5) is 0. The van der Waals surface area contributed by atoms with E-state index in [4.69, 9.17) is 4.42 Å². The van der Waals surface area contributed by atoms with E-state index in [1.165, 1.54) is 31.2 Å².